The van der Waals surface area contributed by atoms with Gasteiger partial charge in [-0.05, 0) is 44.2 Å². The van der Waals surface area contributed by atoms with Crippen molar-refractivity contribution in [2.45, 2.75) is 39.4 Å². The minimum atomic E-state index is -0.243. The minimum absolute atomic E-state index is 0.140. The largest absolute Gasteiger partial charge is 0.346 e. The summed E-state index contributed by atoms with van der Waals surface area (Å²) < 4.78 is 4.40. The lowest BCUT2D eigenvalue weighted by Gasteiger charge is -2.15. The first-order chi connectivity index (χ1) is 14.5. The number of halogens is 1. The standard InChI is InChI=1S/C22H22BrN5O2/c1-3-28-19-7-5-4-6-18(19)26-21(28)14(2)25-20(29)10-11-27-13-24-17-9-8-15(23)12-16(17)22(27)30/h4-9,12-14H,3,10-11H2,1-2H3,(H,25,29). The number of aryl methyl sites for hydroxylation is 2. The van der Waals surface area contributed by atoms with E-state index in [9.17, 15) is 9.59 Å². The molecule has 154 valence electrons. The maximum absolute atomic E-state index is 12.7. The fourth-order valence-corrected chi connectivity index (χ4v) is 4.01. The molecule has 1 amide bonds. The second-order valence-electron chi connectivity index (χ2n) is 7.15. The van der Waals surface area contributed by atoms with Crippen molar-refractivity contribution in [2.75, 3.05) is 0 Å². The number of hydrogen-bond acceptors (Lipinski definition) is 4. The first-order valence-electron chi connectivity index (χ1n) is 9.87. The number of imidazole rings is 1. The average molecular weight is 468 g/mol. The first kappa shape index (κ1) is 20.3. The van der Waals surface area contributed by atoms with Crippen LogP contribution in [-0.4, -0.2) is 25.0 Å². The third kappa shape index (κ3) is 3.87. The number of benzene rings is 2. The number of para-hydroxylation sites is 2. The zero-order chi connectivity index (χ0) is 21.3. The quantitative estimate of drug-likeness (QED) is 0.467. The lowest BCUT2D eigenvalue weighted by Crippen LogP contribution is -2.30. The van der Waals surface area contributed by atoms with Gasteiger partial charge in [-0.1, -0.05) is 28.1 Å². The number of carbonyl (C=O) groups is 1. The van der Waals surface area contributed by atoms with Crippen LogP contribution in [0.2, 0.25) is 0 Å². The van der Waals surface area contributed by atoms with E-state index in [0.29, 0.717) is 10.9 Å². The van der Waals surface area contributed by atoms with E-state index in [1.807, 2.05) is 37.3 Å². The fraction of sp³-hybridized carbons (Fsp3) is 0.273. The molecule has 7 nitrogen and oxygen atoms in total. The summed E-state index contributed by atoms with van der Waals surface area (Å²) >= 11 is 3.38. The van der Waals surface area contributed by atoms with Crippen molar-refractivity contribution in [3.05, 3.63) is 69.4 Å². The second kappa shape index (κ2) is 8.39. The highest BCUT2D eigenvalue weighted by atomic mass is 79.9. The van der Waals surface area contributed by atoms with Crippen molar-refractivity contribution in [2.24, 2.45) is 0 Å². The maximum atomic E-state index is 12.7. The van der Waals surface area contributed by atoms with Crippen molar-refractivity contribution in [1.29, 1.82) is 0 Å². The Bertz CT molecular complexity index is 1290. The monoisotopic (exact) mass is 467 g/mol. The highest BCUT2D eigenvalue weighted by Crippen LogP contribution is 2.21. The predicted octanol–water partition coefficient (Wildman–Crippen LogP) is 3.80. The van der Waals surface area contributed by atoms with Crippen LogP contribution in [0, 0.1) is 0 Å². The van der Waals surface area contributed by atoms with Crippen LogP contribution < -0.4 is 10.9 Å². The molecule has 0 saturated carbocycles. The van der Waals surface area contributed by atoms with Crippen LogP contribution in [0.3, 0.4) is 0 Å². The molecule has 8 heteroatoms. The molecule has 2 heterocycles. The molecule has 0 aliphatic rings. The van der Waals surface area contributed by atoms with Gasteiger partial charge in [-0.2, -0.15) is 0 Å². The lowest BCUT2D eigenvalue weighted by molar-refractivity contribution is -0.122. The minimum Gasteiger partial charge on any atom is -0.346 e. The van der Waals surface area contributed by atoms with Crippen LogP contribution >= 0.6 is 15.9 Å². The SMILES string of the molecule is CCn1c(C(C)NC(=O)CCn2cnc3ccc(Br)cc3c2=O)nc2ccccc21. The molecule has 0 spiro atoms. The topological polar surface area (TPSA) is 81.8 Å². The Kier molecular flexibility index (Phi) is 5.67. The summed E-state index contributed by atoms with van der Waals surface area (Å²) in [6, 6.07) is 13.1. The Hall–Kier alpha value is -3.00. The molecular formula is C22H22BrN5O2. The molecule has 2 aromatic heterocycles. The third-order valence-electron chi connectivity index (χ3n) is 5.13. The molecule has 1 atom stereocenters. The molecule has 0 saturated heterocycles. The molecule has 0 fully saturated rings. The van der Waals surface area contributed by atoms with Gasteiger partial charge in [0.25, 0.3) is 5.56 Å². The van der Waals surface area contributed by atoms with Gasteiger partial charge in [-0.25, -0.2) is 9.97 Å². The highest BCUT2D eigenvalue weighted by Gasteiger charge is 2.17. The van der Waals surface area contributed by atoms with Crippen molar-refractivity contribution in [3.63, 3.8) is 0 Å². The fourth-order valence-electron chi connectivity index (χ4n) is 3.65. The van der Waals surface area contributed by atoms with Crippen LogP contribution in [0.1, 0.15) is 32.1 Å². The van der Waals surface area contributed by atoms with Gasteiger partial charge in [0, 0.05) is 24.0 Å². The summed E-state index contributed by atoms with van der Waals surface area (Å²) in [5, 5.41) is 3.53. The van der Waals surface area contributed by atoms with E-state index in [-0.39, 0.29) is 30.5 Å². The van der Waals surface area contributed by atoms with Gasteiger partial charge in [-0.15, -0.1) is 0 Å². The Labute approximate surface area is 181 Å². The molecule has 30 heavy (non-hydrogen) atoms. The van der Waals surface area contributed by atoms with Crippen LogP contribution in [0.25, 0.3) is 21.9 Å². The van der Waals surface area contributed by atoms with E-state index in [2.05, 4.69) is 42.7 Å². The number of rotatable bonds is 6. The Balaban J connectivity index is 1.47. The third-order valence-corrected chi connectivity index (χ3v) is 5.62. The van der Waals surface area contributed by atoms with Gasteiger partial charge in [0.15, 0.2) is 0 Å². The number of nitrogens with one attached hydrogen (secondary N) is 1. The summed E-state index contributed by atoms with van der Waals surface area (Å²) in [6.07, 6.45) is 1.67. The molecule has 2 aromatic carbocycles. The second-order valence-corrected chi connectivity index (χ2v) is 8.06. The Morgan fingerprint density at radius 3 is 2.80 bits per heavy atom. The Morgan fingerprint density at radius 2 is 2.00 bits per heavy atom. The zero-order valence-corrected chi connectivity index (χ0v) is 18.4. The van der Waals surface area contributed by atoms with Crippen LogP contribution in [0.4, 0.5) is 0 Å². The van der Waals surface area contributed by atoms with Crippen molar-refractivity contribution in [1.82, 2.24) is 24.4 Å². The predicted molar refractivity (Wildman–Crippen MR) is 120 cm³/mol. The zero-order valence-electron chi connectivity index (χ0n) is 16.8. The van der Waals surface area contributed by atoms with E-state index in [1.54, 1.807) is 12.1 Å². The summed E-state index contributed by atoms with van der Waals surface area (Å²) in [4.78, 5) is 34.2. The van der Waals surface area contributed by atoms with Crippen molar-refractivity contribution < 1.29 is 4.79 Å². The molecule has 0 radical (unpaired) electrons. The molecule has 1 unspecified atom stereocenters. The molecule has 0 aliphatic carbocycles. The van der Waals surface area contributed by atoms with Gasteiger partial charge < -0.3 is 9.88 Å². The molecule has 4 rings (SSSR count). The number of aromatic nitrogens is 4. The summed E-state index contributed by atoms with van der Waals surface area (Å²) in [7, 11) is 0. The molecule has 1 N–H and O–H groups in total. The summed E-state index contributed by atoms with van der Waals surface area (Å²) in [6.45, 7) is 5.01. The van der Waals surface area contributed by atoms with E-state index in [0.717, 1.165) is 27.9 Å². The normalized spacial score (nSPS) is 12.4. The van der Waals surface area contributed by atoms with Gasteiger partial charge in [-0.3, -0.25) is 14.2 Å². The summed E-state index contributed by atoms with van der Waals surface area (Å²) in [5.41, 5.74) is 2.44. The molecule has 0 bridgehead atoms. The number of hydrogen-bond donors (Lipinski definition) is 1. The van der Waals surface area contributed by atoms with Crippen LogP contribution in [0.5, 0.6) is 0 Å². The van der Waals surface area contributed by atoms with E-state index in [4.69, 9.17) is 0 Å². The van der Waals surface area contributed by atoms with Crippen LogP contribution in [-0.2, 0) is 17.9 Å². The van der Waals surface area contributed by atoms with Crippen molar-refractivity contribution >= 4 is 43.8 Å². The number of nitrogens with zero attached hydrogens (tertiary/aromatic N) is 4. The lowest BCUT2D eigenvalue weighted by atomic mass is 10.2. The number of carbonyl (C=O) groups excluding carboxylic acids is 1. The van der Waals surface area contributed by atoms with Gasteiger partial charge in [0.1, 0.15) is 5.82 Å². The van der Waals surface area contributed by atoms with Gasteiger partial charge >= 0.3 is 0 Å². The van der Waals surface area contributed by atoms with Gasteiger partial charge in [0.2, 0.25) is 5.91 Å². The first-order valence-corrected chi connectivity index (χ1v) is 10.7. The average Bonchev–Trinajstić information content (AvgIpc) is 3.12. The van der Waals surface area contributed by atoms with E-state index in [1.165, 1.54) is 10.9 Å². The molecular weight excluding hydrogens is 446 g/mol. The van der Waals surface area contributed by atoms with Crippen LogP contribution in [0.15, 0.2) is 58.1 Å². The smallest absolute Gasteiger partial charge is 0.261 e. The Morgan fingerprint density at radius 1 is 1.20 bits per heavy atom. The van der Waals surface area contributed by atoms with E-state index < -0.39 is 0 Å². The summed E-state index contributed by atoms with van der Waals surface area (Å²) in [5.74, 6) is 0.680. The van der Waals surface area contributed by atoms with Crippen molar-refractivity contribution in [3.8, 4) is 0 Å². The maximum Gasteiger partial charge on any atom is 0.261 e. The number of fused-ring (bicyclic) bond motifs is 2. The number of amides is 1. The van der Waals surface area contributed by atoms with E-state index >= 15 is 0 Å². The molecule has 0 aliphatic heterocycles. The molecule has 4 aromatic rings. The van der Waals surface area contributed by atoms with Gasteiger partial charge in [0.05, 0.1) is 34.3 Å². The highest BCUT2D eigenvalue weighted by molar-refractivity contribution is 9.10.